The molecule has 2 amide bonds. The maximum absolute atomic E-state index is 14.6. The third-order valence-corrected chi connectivity index (χ3v) is 5.82. The Morgan fingerprint density at radius 2 is 1.59 bits per heavy atom. The normalized spacial score (nSPS) is 12.5. The van der Waals surface area contributed by atoms with Gasteiger partial charge in [-0.25, -0.2) is 9.07 Å². The van der Waals surface area contributed by atoms with Gasteiger partial charge in [0.2, 0.25) is 0 Å². The first kappa shape index (κ1) is 31.9. The average molecular weight is 626 g/mol. The topological polar surface area (TPSA) is 142 Å². The zero-order valence-corrected chi connectivity index (χ0v) is 22.9. The number of aromatic nitrogens is 7. The van der Waals surface area contributed by atoms with Crippen molar-refractivity contribution in [2.75, 3.05) is 0 Å². The van der Waals surface area contributed by atoms with Crippen molar-refractivity contribution >= 4 is 11.8 Å². The molecule has 0 spiro atoms. The van der Waals surface area contributed by atoms with Gasteiger partial charge in [0.1, 0.15) is 11.9 Å². The summed E-state index contributed by atoms with van der Waals surface area (Å²) in [5.74, 6) is -1.38. The number of carbonyl (C=O) groups excluding carboxylic acids is 2. The molecule has 3 aromatic heterocycles. The summed E-state index contributed by atoms with van der Waals surface area (Å²) in [7, 11) is 0. The number of carbonyl (C=O) groups is 2. The highest BCUT2D eigenvalue weighted by Crippen LogP contribution is 2.29. The summed E-state index contributed by atoms with van der Waals surface area (Å²) in [5.41, 5.74) is -0.617. The highest BCUT2D eigenvalue weighted by Gasteiger charge is 2.30. The van der Waals surface area contributed by atoms with E-state index in [4.69, 9.17) is 0 Å². The van der Waals surface area contributed by atoms with Gasteiger partial charge in [0, 0.05) is 32.6 Å². The molecule has 0 aliphatic heterocycles. The fraction of sp³-hybridized carbons (Fsp3) is 0.346. The van der Waals surface area contributed by atoms with Gasteiger partial charge < -0.3 is 15.4 Å². The van der Waals surface area contributed by atoms with Crippen molar-refractivity contribution in [3.8, 4) is 5.75 Å². The van der Waals surface area contributed by atoms with Gasteiger partial charge >= 0.3 is 12.3 Å². The zero-order valence-electron chi connectivity index (χ0n) is 22.9. The first-order chi connectivity index (χ1) is 20.7. The molecule has 1 unspecified atom stereocenters. The van der Waals surface area contributed by atoms with Crippen molar-refractivity contribution in [3.63, 3.8) is 0 Å². The lowest BCUT2D eigenvalue weighted by Gasteiger charge is -2.13. The molecular formula is C26H25F6N9O3. The predicted molar refractivity (Wildman–Crippen MR) is 139 cm³/mol. The molecule has 234 valence electrons. The number of nitrogens with one attached hydrogen (secondary N) is 2. The first-order valence-electron chi connectivity index (χ1n) is 12.9. The standard InChI is InChI=1S/C26H25F6N9O3/c1-25(28,29)44-20-4-2-3-16(9-20)11-34-23(42)21-14-40(38-36-21)8-6-18(27)13-41-15-22(37-39-41)24(43)35-12-19-10-17(5-7-33-19)26(30,31)32/h2-5,7,9-10,14-15,18H,6,8,11-13H2,1H3,(H,34,42)(H,35,43). The van der Waals surface area contributed by atoms with E-state index in [0.717, 1.165) is 23.0 Å². The number of benzene rings is 1. The summed E-state index contributed by atoms with van der Waals surface area (Å²) in [6.45, 7) is 0.118. The summed E-state index contributed by atoms with van der Waals surface area (Å²) < 4.78 is 86.1. The molecule has 4 aromatic rings. The smallest absolute Gasteiger partial charge is 0.416 e. The van der Waals surface area contributed by atoms with E-state index in [1.54, 1.807) is 6.07 Å². The number of pyridine rings is 1. The van der Waals surface area contributed by atoms with Crippen LogP contribution in [0.25, 0.3) is 0 Å². The second-order valence-corrected chi connectivity index (χ2v) is 9.53. The average Bonchev–Trinajstić information content (AvgIpc) is 3.63. The maximum Gasteiger partial charge on any atom is 0.416 e. The Balaban J connectivity index is 1.21. The minimum Gasteiger partial charge on any atom is -0.433 e. The quantitative estimate of drug-likeness (QED) is 0.215. The van der Waals surface area contributed by atoms with Crippen molar-refractivity contribution in [2.24, 2.45) is 0 Å². The van der Waals surface area contributed by atoms with Crippen LogP contribution in [0.15, 0.2) is 55.0 Å². The Morgan fingerprint density at radius 3 is 2.27 bits per heavy atom. The predicted octanol–water partition coefficient (Wildman–Crippen LogP) is 3.56. The number of nitrogens with zero attached hydrogens (tertiary/aromatic N) is 7. The van der Waals surface area contributed by atoms with Crippen LogP contribution in [-0.2, 0) is 32.4 Å². The molecule has 1 atom stereocenters. The summed E-state index contributed by atoms with van der Waals surface area (Å²) >= 11 is 0. The number of halogens is 6. The SMILES string of the molecule is CC(F)(F)Oc1cccc(CNC(=O)c2cn(CCC(F)Cn3cc(C(=O)NCc4cc(C(F)(F)F)ccn4)nn3)nn2)c1. The summed E-state index contributed by atoms with van der Waals surface area (Å²) in [6.07, 6.45) is -5.92. The third-order valence-electron chi connectivity index (χ3n) is 5.82. The lowest BCUT2D eigenvalue weighted by molar-refractivity contribution is -0.159. The molecule has 0 aliphatic rings. The highest BCUT2D eigenvalue weighted by atomic mass is 19.4. The van der Waals surface area contributed by atoms with Gasteiger partial charge in [0.05, 0.1) is 36.7 Å². The van der Waals surface area contributed by atoms with Gasteiger partial charge in [-0.3, -0.25) is 19.3 Å². The molecule has 0 bridgehead atoms. The lowest BCUT2D eigenvalue weighted by atomic mass is 10.2. The third kappa shape index (κ3) is 9.50. The zero-order chi connectivity index (χ0) is 31.9. The van der Waals surface area contributed by atoms with Crippen molar-refractivity contribution in [3.05, 3.63) is 83.2 Å². The lowest BCUT2D eigenvalue weighted by Crippen LogP contribution is -2.24. The van der Waals surface area contributed by atoms with E-state index in [2.05, 4.69) is 41.0 Å². The number of amides is 2. The Kier molecular flexibility index (Phi) is 9.80. The Labute approximate surface area is 245 Å². The van der Waals surface area contributed by atoms with E-state index in [1.807, 2.05) is 0 Å². The molecular weight excluding hydrogens is 600 g/mol. The fourth-order valence-corrected chi connectivity index (χ4v) is 3.78. The molecule has 4 rings (SSSR count). The second-order valence-electron chi connectivity index (χ2n) is 9.53. The molecule has 0 saturated heterocycles. The van der Waals surface area contributed by atoms with Gasteiger partial charge in [-0.15, -0.1) is 10.2 Å². The summed E-state index contributed by atoms with van der Waals surface area (Å²) in [4.78, 5) is 28.5. The number of ether oxygens (including phenoxy) is 1. The summed E-state index contributed by atoms with van der Waals surface area (Å²) in [6, 6.07) is 7.46. The minimum atomic E-state index is -4.55. The van der Waals surface area contributed by atoms with Crippen LogP contribution < -0.4 is 15.4 Å². The maximum atomic E-state index is 14.6. The van der Waals surface area contributed by atoms with E-state index in [0.29, 0.717) is 12.5 Å². The molecule has 1 aromatic carbocycles. The molecule has 44 heavy (non-hydrogen) atoms. The van der Waals surface area contributed by atoms with Crippen LogP contribution >= 0.6 is 0 Å². The van der Waals surface area contributed by atoms with Crippen LogP contribution in [0.5, 0.6) is 5.75 Å². The van der Waals surface area contributed by atoms with Crippen molar-refractivity contribution in [1.29, 1.82) is 0 Å². The molecule has 0 fully saturated rings. The van der Waals surface area contributed by atoms with E-state index < -0.39 is 35.8 Å². The van der Waals surface area contributed by atoms with Crippen molar-refractivity contribution < 1.29 is 40.7 Å². The van der Waals surface area contributed by atoms with E-state index in [1.165, 1.54) is 35.3 Å². The molecule has 18 heteroatoms. The second kappa shape index (κ2) is 13.5. The first-order valence-corrected chi connectivity index (χ1v) is 12.9. The van der Waals surface area contributed by atoms with E-state index in [-0.39, 0.29) is 55.4 Å². The van der Waals surface area contributed by atoms with Crippen molar-refractivity contribution in [1.82, 2.24) is 45.6 Å². The minimum absolute atomic E-state index is 0.00475. The van der Waals surface area contributed by atoms with Crippen LogP contribution in [-0.4, -0.2) is 59.1 Å². The van der Waals surface area contributed by atoms with Gasteiger partial charge in [-0.2, -0.15) is 22.0 Å². The number of hydrogen-bond donors (Lipinski definition) is 2. The monoisotopic (exact) mass is 625 g/mol. The van der Waals surface area contributed by atoms with Crippen LogP contribution in [0.2, 0.25) is 0 Å². The van der Waals surface area contributed by atoms with E-state index >= 15 is 0 Å². The van der Waals surface area contributed by atoms with Crippen LogP contribution in [0.3, 0.4) is 0 Å². The molecule has 0 aliphatic carbocycles. The van der Waals surface area contributed by atoms with Gasteiger partial charge in [-0.05, 0) is 29.8 Å². The van der Waals surface area contributed by atoms with E-state index in [9.17, 15) is 35.9 Å². The Hall–Kier alpha value is -5.03. The largest absolute Gasteiger partial charge is 0.433 e. The van der Waals surface area contributed by atoms with Crippen molar-refractivity contribution in [2.45, 2.75) is 58.0 Å². The Morgan fingerprint density at radius 1 is 0.932 bits per heavy atom. The number of aryl methyl sites for hydroxylation is 1. The molecule has 3 heterocycles. The van der Waals surface area contributed by atoms with Gasteiger partial charge in [-0.1, -0.05) is 22.6 Å². The molecule has 0 saturated carbocycles. The highest BCUT2D eigenvalue weighted by molar-refractivity contribution is 5.92. The molecule has 12 nitrogen and oxygen atoms in total. The van der Waals surface area contributed by atoms with Gasteiger partial charge in [0.15, 0.2) is 11.4 Å². The molecule has 2 N–H and O–H groups in total. The number of hydrogen-bond acceptors (Lipinski definition) is 8. The summed E-state index contributed by atoms with van der Waals surface area (Å²) in [5, 5.41) is 19.9. The van der Waals surface area contributed by atoms with Gasteiger partial charge in [0.25, 0.3) is 11.8 Å². The molecule has 0 radical (unpaired) electrons. The Bertz CT molecular complexity index is 1590. The van der Waals surface area contributed by atoms with Crippen LogP contribution in [0, 0.1) is 0 Å². The van der Waals surface area contributed by atoms with Crippen LogP contribution in [0.4, 0.5) is 26.3 Å². The fourth-order valence-electron chi connectivity index (χ4n) is 3.78. The number of alkyl halides is 6. The number of rotatable bonds is 13. The van der Waals surface area contributed by atoms with Crippen LogP contribution in [0.1, 0.15) is 51.1 Å².